The number of thiol groups is 1. The second-order valence-corrected chi connectivity index (χ2v) is 4.95. The van der Waals surface area contributed by atoms with E-state index in [2.05, 4.69) is 39.5 Å². The molecule has 0 unspecified atom stereocenters. The lowest BCUT2D eigenvalue weighted by atomic mass is 9.84. The molecule has 0 spiro atoms. The maximum absolute atomic E-state index is 10.8. The first-order valence-electron chi connectivity index (χ1n) is 4.92. The molecule has 0 radical (unpaired) electrons. The van der Waals surface area contributed by atoms with Gasteiger partial charge < -0.3 is 0 Å². The van der Waals surface area contributed by atoms with Crippen LogP contribution in [0.1, 0.15) is 31.9 Å². The van der Waals surface area contributed by atoms with E-state index in [1.807, 2.05) is 24.3 Å². The van der Waals surface area contributed by atoms with Crippen LogP contribution in [0.4, 0.5) is 0 Å². The second-order valence-electron chi connectivity index (χ2n) is 4.51. The smallest absolute Gasteiger partial charge is 0.209 e. The minimum absolute atomic E-state index is 0.0839. The van der Waals surface area contributed by atoms with Crippen LogP contribution in [0.2, 0.25) is 0 Å². The summed E-state index contributed by atoms with van der Waals surface area (Å²) in [6, 6.07) is 8.08. The van der Waals surface area contributed by atoms with Crippen LogP contribution >= 0.6 is 12.6 Å². The van der Waals surface area contributed by atoms with Gasteiger partial charge in [-0.2, -0.15) is 0 Å². The Morgan fingerprint density at radius 1 is 1.27 bits per heavy atom. The standard InChI is InChI=1S/C13H16OS/c1-13(2,3)11-7-5-4-6-10(11)8-9-12(14)15/h4-9H,1-3H3,(H,14,15)/b9-8+. The van der Waals surface area contributed by atoms with Crippen LogP contribution in [0.25, 0.3) is 6.08 Å². The number of hydrogen-bond donors (Lipinski definition) is 1. The van der Waals surface area contributed by atoms with E-state index >= 15 is 0 Å². The fourth-order valence-corrected chi connectivity index (χ4v) is 1.56. The monoisotopic (exact) mass is 220 g/mol. The van der Waals surface area contributed by atoms with E-state index < -0.39 is 0 Å². The van der Waals surface area contributed by atoms with Crippen molar-refractivity contribution in [2.24, 2.45) is 0 Å². The molecule has 0 aliphatic carbocycles. The molecule has 15 heavy (non-hydrogen) atoms. The molecule has 80 valence electrons. The molecule has 0 heterocycles. The molecule has 0 fully saturated rings. The molecule has 0 saturated carbocycles. The third-order valence-electron chi connectivity index (χ3n) is 2.17. The molecule has 0 atom stereocenters. The predicted octanol–water partition coefficient (Wildman–Crippen LogP) is 3.45. The molecule has 0 amide bonds. The van der Waals surface area contributed by atoms with Gasteiger partial charge in [0.25, 0.3) is 0 Å². The van der Waals surface area contributed by atoms with E-state index in [4.69, 9.17) is 0 Å². The van der Waals surface area contributed by atoms with Gasteiger partial charge in [-0.3, -0.25) is 4.79 Å². The summed E-state index contributed by atoms with van der Waals surface area (Å²) in [6.07, 6.45) is 3.30. The molecule has 0 aliphatic heterocycles. The van der Waals surface area contributed by atoms with Gasteiger partial charge in [-0.1, -0.05) is 51.1 Å². The van der Waals surface area contributed by atoms with Gasteiger partial charge in [-0.15, -0.1) is 12.6 Å². The van der Waals surface area contributed by atoms with Gasteiger partial charge in [-0.05, 0) is 22.6 Å². The van der Waals surface area contributed by atoms with Gasteiger partial charge >= 0.3 is 0 Å². The first-order valence-corrected chi connectivity index (χ1v) is 5.36. The highest BCUT2D eigenvalue weighted by atomic mass is 32.1. The van der Waals surface area contributed by atoms with Crippen molar-refractivity contribution >= 4 is 23.8 Å². The molecule has 0 N–H and O–H groups in total. The van der Waals surface area contributed by atoms with E-state index in [0.717, 1.165) is 5.56 Å². The zero-order valence-electron chi connectivity index (χ0n) is 9.32. The van der Waals surface area contributed by atoms with E-state index in [9.17, 15) is 4.79 Å². The molecule has 1 aromatic carbocycles. The van der Waals surface area contributed by atoms with Gasteiger partial charge in [0.15, 0.2) is 0 Å². The normalized spacial score (nSPS) is 12.0. The Morgan fingerprint density at radius 2 is 1.87 bits per heavy atom. The molecule has 0 saturated heterocycles. The van der Waals surface area contributed by atoms with Crippen molar-refractivity contribution in [1.82, 2.24) is 0 Å². The van der Waals surface area contributed by atoms with Crippen molar-refractivity contribution < 1.29 is 4.79 Å². The summed E-state index contributed by atoms with van der Waals surface area (Å²) in [5.74, 6) is 0. The Balaban J connectivity index is 3.13. The summed E-state index contributed by atoms with van der Waals surface area (Å²) in [6.45, 7) is 6.46. The maximum Gasteiger partial charge on any atom is 0.209 e. The van der Waals surface area contributed by atoms with E-state index in [1.54, 1.807) is 0 Å². The SMILES string of the molecule is CC(C)(C)c1ccccc1/C=C/C(=O)S. The summed E-state index contributed by atoms with van der Waals surface area (Å²) >= 11 is 3.71. The van der Waals surface area contributed by atoms with Crippen LogP contribution in [-0.2, 0) is 10.2 Å². The van der Waals surface area contributed by atoms with Crippen LogP contribution in [0.5, 0.6) is 0 Å². The van der Waals surface area contributed by atoms with Crippen molar-refractivity contribution in [3.63, 3.8) is 0 Å². The quantitative estimate of drug-likeness (QED) is 0.596. The highest BCUT2D eigenvalue weighted by Crippen LogP contribution is 2.26. The highest BCUT2D eigenvalue weighted by Gasteiger charge is 2.15. The molecule has 0 bridgehead atoms. The van der Waals surface area contributed by atoms with Crippen molar-refractivity contribution in [1.29, 1.82) is 0 Å². The Hall–Kier alpha value is -1.02. The van der Waals surface area contributed by atoms with Crippen molar-refractivity contribution in [2.75, 3.05) is 0 Å². The first-order chi connectivity index (χ1) is 6.91. The average Bonchev–Trinajstić information content (AvgIpc) is 2.13. The fourth-order valence-electron chi connectivity index (χ4n) is 1.49. The number of rotatable bonds is 2. The Bertz CT molecular complexity index is 386. The third kappa shape index (κ3) is 3.56. The minimum Gasteiger partial charge on any atom is -0.283 e. The zero-order valence-corrected chi connectivity index (χ0v) is 10.2. The number of carbonyl (C=O) groups excluding carboxylic acids is 1. The van der Waals surface area contributed by atoms with Crippen LogP contribution in [0, 0.1) is 0 Å². The van der Waals surface area contributed by atoms with Gasteiger partial charge in [0.2, 0.25) is 5.12 Å². The minimum atomic E-state index is -0.223. The highest BCUT2D eigenvalue weighted by molar-refractivity contribution is 7.97. The lowest BCUT2D eigenvalue weighted by molar-refractivity contribution is -0.106. The molecule has 0 aromatic heterocycles. The molecule has 1 rings (SSSR count). The lowest BCUT2D eigenvalue weighted by Crippen LogP contribution is -2.12. The summed E-state index contributed by atoms with van der Waals surface area (Å²) in [4.78, 5) is 10.8. The van der Waals surface area contributed by atoms with Gasteiger partial charge in [0.1, 0.15) is 0 Å². The molecular formula is C13H16OS. The Labute approximate surface area is 96.6 Å². The van der Waals surface area contributed by atoms with Gasteiger partial charge in [0, 0.05) is 0 Å². The fraction of sp³-hybridized carbons (Fsp3) is 0.308. The van der Waals surface area contributed by atoms with Crippen LogP contribution < -0.4 is 0 Å². The van der Waals surface area contributed by atoms with Crippen LogP contribution in [-0.4, -0.2) is 5.12 Å². The second kappa shape index (κ2) is 4.67. The molecule has 1 aromatic rings. The molecule has 1 nitrogen and oxygen atoms in total. The van der Waals surface area contributed by atoms with E-state index in [-0.39, 0.29) is 10.5 Å². The number of carbonyl (C=O) groups is 1. The summed E-state index contributed by atoms with van der Waals surface area (Å²) in [7, 11) is 0. The predicted molar refractivity (Wildman–Crippen MR) is 68.2 cm³/mol. The van der Waals surface area contributed by atoms with Crippen molar-refractivity contribution in [3.8, 4) is 0 Å². The van der Waals surface area contributed by atoms with Crippen LogP contribution in [0.3, 0.4) is 0 Å². The average molecular weight is 220 g/mol. The summed E-state index contributed by atoms with van der Waals surface area (Å²) in [5.41, 5.74) is 2.39. The summed E-state index contributed by atoms with van der Waals surface area (Å²) < 4.78 is 0. The maximum atomic E-state index is 10.8. The van der Waals surface area contributed by atoms with E-state index in [1.165, 1.54) is 11.6 Å². The van der Waals surface area contributed by atoms with Gasteiger partial charge in [-0.25, -0.2) is 0 Å². The number of hydrogen-bond acceptors (Lipinski definition) is 1. The topological polar surface area (TPSA) is 17.1 Å². The van der Waals surface area contributed by atoms with Crippen LogP contribution in [0.15, 0.2) is 30.3 Å². The van der Waals surface area contributed by atoms with Gasteiger partial charge in [0.05, 0.1) is 0 Å². The molecule has 2 heteroatoms. The largest absolute Gasteiger partial charge is 0.283 e. The lowest BCUT2D eigenvalue weighted by Gasteiger charge is -2.21. The third-order valence-corrected chi connectivity index (χ3v) is 2.32. The molecule has 0 aliphatic rings. The summed E-state index contributed by atoms with van der Waals surface area (Å²) in [5, 5.41) is -0.223. The Morgan fingerprint density at radius 3 is 2.40 bits per heavy atom. The molecular weight excluding hydrogens is 204 g/mol. The zero-order chi connectivity index (χ0) is 11.5. The van der Waals surface area contributed by atoms with Crippen molar-refractivity contribution in [3.05, 3.63) is 41.5 Å². The van der Waals surface area contributed by atoms with E-state index in [0.29, 0.717) is 0 Å². The van der Waals surface area contributed by atoms with Crippen molar-refractivity contribution in [2.45, 2.75) is 26.2 Å². The number of benzene rings is 1. The first kappa shape index (κ1) is 12.1. The Kier molecular flexibility index (Phi) is 3.75.